The highest BCUT2D eigenvalue weighted by atomic mass is 35.5. The van der Waals surface area contributed by atoms with E-state index in [9.17, 15) is 18.0 Å². The average Bonchev–Trinajstić information content (AvgIpc) is 2.99. The number of hydrogen-bond donors (Lipinski definition) is 1. The van der Waals surface area contributed by atoms with Gasteiger partial charge in [-0.15, -0.1) is 0 Å². The highest BCUT2D eigenvalue weighted by Gasteiger charge is 2.35. The quantitative estimate of drug-likeness (QED) is 0.198. The van der Waals surface area contributed by atoms with Gasteiger partial charge in [0.25, 0.3) is 10.0 Å². The standard InChI is InChI=1S/C35H38ClN3O4S/c1-25(2)37-35(41)33(22-28-11-7-5-8-12-28)38(23-29-17-15-26(3)16-18-29)34(40)24-39(32-20-19-30(36)21-27(32)4)44(42,43)31-13-9-6-10-14-31/h5-21,25,33H,22-24H2,1-4H3,(H,37,41)/t33-/m1/s1. The lowest BCUT2D eigenvalue weighted by atomic mass is 10.0. The minimum absolute atomic E-state index is 0.0469. The van der Waals surface area contributed by atoms with Gasteiger partial charge in [-0.3, -0.25) is 13.9 Å². The summed E-state index contributed by atoms with van der Waals surface area (Å²) in [6, 6.07) is 29.0. The highest BCUT2D eigenvalue weighted by molar-refractivity contribution is 7.92. The van der Waals surface area contributed by atoms with Crippen LogP contribution in [-0.2, 0) is 32.6 Å². The van der Waals surface area contributed by atoms with Gasteiger partial charge in [0.05, 0.1) is 10.6 Å². The number of benzene rings is 4. The maximum atomic E-state index is 14.5. The zero-order valence-electron chi connectivity index (χ0n) is 25.4. The van der Waals surface area contributed by atoms with E-state index in [-0.39, 0.29) is 29.8 Å². The van der Waals surface area contributed by atoms with E-state index >= 15 is 0 Å². The van der Waals surface area contributed by atoms with E-state index in [4.69, 9.17) is 11.6 Å². The summed E-state index contributed by atoms with van der Waals surface area (Å²) in [7, 11) is -4.18. The van der Waals surface area contributed by atoms with Crippen LogP contribution in [0.1, 0.15) is 36.1 Å². The first-order valence-electron chi connectivity index (χ1n) is 14.5. The van der Waals surface area contributed by atoms with Crippen LogP contribution < -0.4 is 9.62 Å². The fourth-order valence-corrected chi connectivity index (χ4v) is 6.68. The van der Waals surface area contributed by atoms with E-state index in [2.05, 4.69) is 5.32 Å². The number of aryl methyl sites for hydroxylation is 2. The first-order chi connectivity index (χ1) is 21.0. The first-order valence-corrected chi connectivity index (χ1v) is 16.3. The third-order valence-corrected chi connectivity index (χ3v) is 9.22. The van der Waals surface area contributed by atoms with Crippen LogP contribution in [0.4, 0.5) is 5.69 Å². The minimum atomic E-state index is -4.18. The van der Waals surface area contributed by atoms with Crippen molar-refractivity contribution in [3.63, 3.8) is 0 Å². The Morgan fingerprint density at radius 3 is 2.02 bits per heavy atom. The molecule has 4 rings (SSSR count). The van der Waals surface area contributed by atoms with Gasteiger partial charge < -0.3 is 10.2 Å². The van der Waals surface area contributed by atoms with Crippen molar-refractivity contribution < 1.29 is 18.0 Å². The molecule has 1 atom stereocenters. The number of nitrogens with zero attached hydrogens (tertiary/aromatic N) is 2. The second kappa shape index (κ2) is 14.6. The number of rotatable bonds is 12. The predicted octanol–water partition coefficient (Wildman–Crippen LogP) is 6.32. The lowest BCUT2D eigenvalue weighted by Crippen LogP contribution is -2.54. The number of hydrogen-bond acceptors (Lipinski definition) is 4. The van der Waals surface area contributed by atoms with Gasteiger partial charge in [0.15, 0.2) is 0 Å². The fraction of sp³-hybridized carbons (Fsp3) is 0.257. The molecule has 0 unspecified atom stereocenters. The molecule has 0 fully saturated rings. The van der Waals surface area contributed by atoms with Gasteiger partial charge in [-0.05, 0) is 74.7 Å². The average molecular weight is 632 g/mol. The van der Waals surface area contributed by atoms with Gasteiger partial charge in [-0.25, -0.2) is 8.42 Å². The van der Waals surface area contributed by atoms with Crippen LogP contribution in [0.25, 0.3) is 0 Å². The molecule has 0 saturated heterocycles. The molecule has 0 aliphatic rings. The van der Waals surface area contributed by atoms with Crippen LogP contribution in [0.3, 0.4) is 0 Å². The molecule has 4 aromatic rings. The summed E-state index contributed by atoms with van der Waals surface area (Å²) in [6.07, 6.45) is 0.252. The number of carbonyl (C=O) groups excluding carboxylic acids is 2. The summed E-state index contributed by atoms with van der Waals surface area (Å²) in [6.45, 7) is 7.04. The van der Waals surface area contributed by atoms with Crippen molar-refractivity contribution in [2.45, 2.75) is 57.6 Å². The van der Waals surface area contributed by atoms with Crippen LogP contribution >= 0.6 is 11.6 Å². The van der Waals surface area contributed by atoms with Crippen molar-refractivity contribution in [2.24, 2.45) is 0 Å². The number of sulfonamides is 1. The maximum Gasteiger partial charge on any atom is 0.264 e. The molecule has 230 valence electrons. The normalized spacial score (nSPS) is 12.0. The van der Waals surface area contributed by atoms with E-state index in [1.165, 1.54) is 17.0 Å². The van der Waals surface area contributed by atoms with Gasteiger partial charge in [-0.1, -0.05) is 90.0 Å². The molecule has 0 aliphatic heterocycles. The number of carbonyl (C=O) groups is 2. The maximum absolute atomic E-state index is 14.5. The van der Waals surface area contributed by atoms with Crippen molar-refractivity contribution in [2.75, 3.05) is 10.8 Å². The largest absolute Gasteiger partial charge is 0.352 e. The van der Waals surface area contributed by atoms with Crippen LogP contribution in [0, 0.1) is 13.8 Å². The molecule has 0 saturated carbocycles. The lowest BCUT2D eigenvalue weighted by molar-refractivity contribution is -0.140. The summed E-state index contributed by atoms with van der Waals surface area (Å²) in [4.78, 5) is 29.8. The SMILES string of the molecule is Cc1ccc(CN(C(=O)CN(c2ccc(Cl)cc2C)S(=O)(=O)c2ccccc2)[C@H](Cc2ccccc2)C(=O)NC(C)C)cc1. The van der Waals surface area contributed by atoms with Crippen molar-refractivity contribution in [1.29, 1.82) is 0 Å². The zero-order chi connectivity index (χ0) is 31.9. The molecule has 1 N–H and O–H groups in total. The summed E-state index contributed by atoms with van der Waals surface area (Å²) in [5.41, 5.74) is 3.67. The molecule has 2 amide bonds. The Morgan fingerprint density at radius 2 is 1.43 bits per heavy atom. The smallest absolute Gasteiger partial charge is 0.264 e. The molecular weight excluding hydrogens is 594 g/mol. The molecule has 4 aromatic carbocycles. The highest BCUT2D eigenvalue weighted by Crippen LogP contribution is 2.29. The molecule has 44 heavy (non-hydrogen) atoms. The third kappa shape index (κ3) is 8.27. The summed E-state index contributed by atoms with van der Waals surface area (Å²) in [5, 5.41) is 3.42. The van der Waals surface area contributed by atoms with Crippen LogP contribution in [0.5, 0.6) is 0 Å². The molecular formula is C35H38ClN3O4S. The van der Waals surface area contributed by atoms with Gasteiger partial charge >= 0.3 is 0 Å². The van der Waals surface area contributed by atoms with Crippen LogP contribution in [-0.4, -0.2) is 43.8 Å². The Balaban J connectivity index is 1.82. The molecule has 0 aromatic heterocycles. The summed E-state index contributed by atoms with van der Waals surface area (Å²) >= 11 is 6.22. The Bertz CT molecular complexity index is 1680. The summed E-state index contributed by atoms with van der Waals surface area (Å²) in [5.74, 6) is -0.830. The van der Waals surface area contributed by atoms with Crippen molar-refractivity contribution in [1.82, 2.24) is 10.2 Å². The monoisotopic (exact) mass is 631 g/mol. The van der Waals surface area contributed by atoms with Gasteiger partial charge in [0.2, 0.25) is 11.8 Å². The van der Waals surface area contributed by atoms with E-state index in [1.807, 2.05) is 75.4 Å². The molecule has 9 heteroatoms. The van der Waals surface area contributed by atoms with Gasteiger partial charge in [0, 0.05) is 24.0 Å². The first kappa shape index (κ1) is 32.8. The Hall–Kier alpha value is -4.14. The fourth-order valence-electron chi connectivity index (χ4n) is 4.96. The summed E-state index contributed by atoms with van der Waals surface area (Å²) < 4.78 is 29.3. The molecule has 7 nitrogen and oxygen atoms in total. The van der Waals surface area contributed by atoms with E-state index in [0.717, 1.165) is 21.0 Å². The van der Waals surface area contributed by atoms with E-state index in [0.29, 0.717) is 16.3 Å². The van der Waals surface area contributed by atoms with Crippen molar-refractivity contribution in [3.8, 4) is 0 Å². The molecule has 0 bridgehead atoms. The van der Waals surface area contributed by atoms with Crippen molar-refractivity contribution >= 4 is 39.1 Å². The topological polar surface area (TPSA) is 86.8 Å². The Kier molecular flexibility index (Phi) is 10.8. The molecule has 0 heterocycles. The van der Waals surface area contributed by atoms with Crippen LogP contribution in [0.15, 0.2) is 108 Å². The van der Waals surface area contributed by atoms with Crippen LogP contribution in [0.2, 0.25) is 5.02 Å². The predicted molar refractivity (Wildman–Crippen MR) is 176 cm³/mol. The number of anilines is 1. The third-order valence-electron chi connectivity index (χ3n) is 7.21. The Morgan fingerprint density at radius 1 is 0.818 bits per heavy atom. The number of halogens is 1. The second-order valence-corrected chi connectivity index (χ2v) is 13.4. The molecule has 0 radical (unpaired) electrons. The van der Waals surface area contributed by atoms with E-state index < -0.39 is 28.5 Å². The minimum Gasteiger partial charge on any atom is -0.352 e. The zero-order valence-corrected chi connectivity index (χ0v) is 27.0. The van der Waals surface area contributed by atoms with Gasteiger partial charge in [-0.2, -0.15) is 0 Å². The lowest BCUT2D eigenvalue weighted by Gasteiger charge is -2.34. The molecule has 0 aliphatic carbocycles. The number of nitrogens with one attached hydrogen (secondary N) is 1. The Labute approximate surface area is 265 Å². The second-order valence-electron chi connectivity index (χ2n) is 11.1. The van der Waals surface area contributed by atoms with Gasteiger partial charge in [0.1, 0.15) is 12.6 Å². The number of amides is 2. The van der Waals surface area contributed by atoms with Crippen molar-refractivity contribution in [3.05, 3.63) is 130 Å². The molecule has 0 spiro atoms. The van der Waals surface area contributed by atoms with E-state index in [1.54, 1.807) is 43.3 Å².